The van der Waals surface area contributed by atoms with E-state index in [2.05, 4.69) is 17.0 Å². The zero-order chi connectivity index (χ0) is 24.9. The Balaban J connectivity index is 1.28. The molecule has 3 aromatic rings. The van der Waals surface area contributed by atoms with Crippen molar-refractivity contribution in [1.82, 2.24) is 9.47 Å². The first kappa shape index (κ1) is 24.2. The second-order valence-electron chi connectivity index (χ2n) is 9.22. The quantitative estimate of drug-likeness (QED) is 0.349. The van der Waals surface area contributed by atoms with Crippen molar-refractivity contribution in [3.63, 3.8) is 0 Å². The van der Waals surface area contributed by atoms with Crippen LogP contribution in [0.25, 0.3) is 0 Å². The van der Waals surface area contributed by atoms with Crippen LogP contribution in [0.4, 0.5) is 0 Å². The van der Waals surface area contributed by atoms with Crippen LogP contribution in [-0.2, 0) is 4.74 Å². The van der Waals surface area contributed by atoms with Gasteiger partial charge in [0.15, 0.2) is 0 Å². The number of nitrogens with one attached hydrogen (secondary N) is 2. The van der Waals surface area contributed by atoms with Crippen LogP contribution in [0.3, 0.4) is 0 Å². The number of nitrogens with two attached hydrogens (primary N) is 1. The first-order valence-electron chi connectivity index (χ1n) is 12.5. The number of hydrogen-bond acceptors (Lipinski definition) is 7. The number of nitrogens with zero attached hydrogens (tertiary/aromatic N) is 2. The van der Waals surface area contributed by atoms with Gasteiger partial charge in [-0.3, -0.25) is 20.3 Å². The predicted octanol–water partition coefficient (Wildman–Crippen LogP) is 3.47. The van der Waals surface area contributed by atoms with Gasteiger partial charge in [-0.15, -0.1) is 0 Å². The van der Waals surface area contributed by atoms with Crippen molar-refractivity contribution in [2.75, 3.05) is 39.5 Å². The van der Waals surface area contributed by atoms with Crippen LogP contribution in [0.2, 0.25) is 0 Å². The molecule has 1 saturated heterocycles. The Bertz CT molecular complexity index is 1270. The molecule has 1 aromatic heterocycles. The van der Waals surface area contributed by atoms with Crippen molar-refractivity contribution in [2.45, 2.75) is 25.0 Å². The highest BCUT2D eigenvalue weighted by Gasteiger charge is 2.26. The van der Waals surface area contributed by atoms with Gasteiger partial charge >= 0.3 is 0 Å². The Labute approximate surface area is 211 Å². The Hall–Kier alpha value is -3.46. The molecular formula is C28H33N5O3. The minimum atomic E-state index is -0.108. The van der Waals surface area contributed by atoms with E-state index < -0.39 is 0 Å². The van der Waals surface area contributed by atoms with Crippen LogP contribution in [0.1, 0.15) is 41.7 Å². The molecule has 0 radical (unpaired) electrons. The van der Waals surface area contributed by atoms with Gasteiger partial charge in [-0.05, 0) is 48.2 Å². The largest absolute Gasteiger partial charge is 0.492 e. The van der Waals surface area contributed by atoms with E-state index in [4.69, 9.17) is 30.8 Å². The molecule has 0 saturated carbocycles. The van der Waals surface area contributed by atoms with Gasteiger partial charge in [-0.25, -0.2) is 0 Å². The molecule has 2 atom stereocenters. The third kappa shape index (κ3) is 5.51. The average Bonchev–Trinajstić information content (AvgIpc) is 2.92. The lowest BCUT2D eigenvalue weighted by molar-refractivity contribution is 0.0322. The highest BCUT2D eigenvalue weighted by atomic mass is 16.5. The van der Waals surface area contributed by atoms with Crippen LogP contribution in [0, 0.1) is 10.8 Å². The molecule has 1 fully saturated rings. The Morgan fingerprint density at radius 2 is 1.78 bits per heavy atom. The molecule has 4 N–H and O–H groups in total. The topological polar surface area (TPSA) is 110 Å². The fourth-order valence-corrected chi connectivity index (χ4v) is 4.80. The van der Waals surface area contributed by atoms with Gasteiger partial charge in [0.1, 0.15) is 35.5 Å². The second kappa shape index (κ2) is 11.1. The zero-order valence-corrected chi connectivity index (χ0v) is 20.4. The van der Waals surface area contributed by atoms with Gasteiger partial charge in [-0.1, -0.05) is 36.4 Å². The standard InChI is InChI=1S/C28H33N5O3/c29-25-9-10-26(24-7-2-1-6-23(24)25)36-22-8-11-27(30)33(19-22)28(31)20-4-3-5-21(18-20)35-17-14-32-12-15-34-16-13-32/h1-8,11,18-19,25-26,30-31H,9-10,12-17,29H2. The van der Waals surface area contributed by atoms with E-state index in [1.807, 2.05) is 36.4 Å². The molecule has 2 heterocycles. The Morgan fingerprint density at radius 1 is 0.972 bits per heavy atom. The van der Waals surface area contributed by atoms with E-state index in [-0.39, 0.29) is 23.5 Å². The van der Waals surface area contributed by atoms with E-state index in [0.717, 1.165) is 56.8 Å². The summed E-state index contributed by atoms with van der Waals surface area (Å²) in [7, 11) is 0. The van der Waals surface area contributed by atoms with Crippen LogP contribution in [0.5, 0.6) is 11.5 Å². The minimum absolute atomic E-state index is 0.0261. The van der Waals surface area contributed by atoms with Gasteiger partial charge in [0.25, 0.3) is 0 Å². The summed E-state index contributed by atoms with van der Waals surface area (Å²) in [4.78, 5) is 2.32. The van der Waals surface area contributed by atoms with Crippen LogP contribution in [0.15, 0.2) is 66.9 Å². The van der Waals surface area contributed by atoms with Gasteiger partial charge in [0.2, 0.25) is 0 Å². The van der Waals surface area contributed by atoms with Crippen molar-refractivity contribution in [1.29, 1.82) is 10.8 Å². The third-order valence-corrected chi connectivity index (χ3v) is 6.81. The Kier molecular flexibility index (Phi) is 7.46. The van der Waals surface area contributed by atoms with Crippen LogP contribution in [-0.4, -0.2) is 54.8 Å². The summed E-state index contributed by atoms with van der Waals surface area (Å²) in [6, 6.07) is 19.1. The third-order valence-electron chi connectivity index (χ3n) is 6.81. The SMILES string of the molecule is N=C(c1cccc(OCCN2CCOCC2)c1)n1cc(OC2CCC(N)c3ccccc32)ccc1=N. The van der Waals surface area contributed by atoms with Crippen molar-refractivity contribution in [2.24, 2.45) is 5.73 Å². The highest BCUT2D eigenvalue weighted by Crippen LogP contribution is 2.37. The number of ether oxygens (including phenoxy) is 3. The summed E-state index contributed by atoms with van der Waals surface area (Å²) in [5.74, 6) is 1.51. The number of morpholine rings is 1. The van der Waals surface area contributed by atoms with Crippen LogP contribution >= 0.6 is 0 Å². The molecular weight excluding hydrogens is 454 g/mol. The average molecular weight is 488 g/mol. The molecule has 8 nitrogen and oxygen atoms in total. The fraction of sp³-hybridized carbons (Fsp3) is 0.357. The number of rotatable bonds is 7. The summed E-state index contributed by atoms with van der Waals surface area (Å²) in [5, 5.41) is 17.2. The number of hydrogen-bond donors (Lipinski definition) is 3. The molecule has 5 rings (SSSR count). The fourth-order valence-electron chi connectivity index (χ4n) is 4.80. The maximum Gasteiger partial charge on any atom is 0.138 e. The van der Waals surface area contributed by atoms with E-state index >= 15 is 0 Å². The normalized spacial score (nSPS) is 19.9. The minimum Gasteiger partial charge on any atom is -0.492 e. The monoisotopic (exact) mass is 487 g/mol. The molecule has 0 bridgehead atoms. The summed E-state index contributed by atoms with van der Waals surface area (Å²) in [6.45, 7) is 4.80. The molecule has 0 amide bonds. The van der Waals surface area contributed by atoms with E-state index in [1.165, 1.54) is 4.57 Å². The molecule has 188 valence electrons. The molecule has 2 unspecified atom stereocenters. The van der Waals surface area contributed by atoms with Crippen molar-refractivity contribution in [3.05, 3.63) is 89.0 Å². The lowest BCUT2D eigenvalue weighted by Crippen LogP contribution is -2.38. The van der Waals surface area contributed by atoms with Gasteiger partial charge in [-0.2, -0.15) is 0 Å². The molecule has 8 heteroatoms. The predicted molar refractivity (Wildman–Crippen MR) is 138 cm³/mol. The number of benzene rings is 2. The molecule has 0 spiro atoms. The number of pyridine rings is 1. The van der Waals surface area contributed by atoms with Gasteiger partial charge in [0.05, 0.1) is 19.4 Å². The van der Waals surface area contributed by atoms with E-state index in [1.54, 1.807) is 18.3 Å². The summed E-state index contributed by atoms with van der Waals surface area (Å²) in [6.07, 6.45) is 3.28. The van der Waals surface area contributed by atoms with Crippen LogP contribution < -0.4 is 20.7 Å². The smallest absolute Gasteiger partial charge is 0.138 e. The van der Waals surface area contributed by atoms with Crippen molar-refractivity contribution in [3.8, 4) is 11.5 Å². The van der Waals surface area contributed by atoms with Gasteiger partial charge < -0.3 is 19.9 Å². The summed E-state index contributed by atoms with van der Waals surface area (Å²) in [5.41, 5.74) is 9.40. The molecule has 1 aliphatic carbocycles. The first-order valence-corrected chi connectivity index (χ1v) is 12.5. The number of fused-ring (bicyclic) bond motifs is 1. The highest BCUT2D eigenvalue weighted by molar-refractivity contribution is 5.98. The first-order chi connectivity index (χ1) is 17.6. The summed E-state index contributed by atoms with van der Waals surface area (Å²) >= 11 is 0. The van der Waals surface area contributed by atoms with E-state index in [0.29, 0.717) is 23.7 Å². The molecule has 36 heavy (non-hydrogen) atoms. The molecule has 1 aliphatic heterocycles. The van der Waals surface area contributed by atoms with Crippen molar-refractivity contribution < 1.29 is 14.2 Å². The van der Waals surface area contributed by atoms with Crippen molar-refractivity contribution >= 4 is 5.84 Å². The van der Waals surface area contributed by atoms with E-state index in [9.17, 15) is 0 Å². The Morgan fingerprint density at radius 3 is 2.61 bits per heavy atom. The zero-order valence-electron chi connectivity index (χ0n) is 20.4. The lowest BCUT2D eigenvalue weighted by atomic mass is 9.86. The second-order valence-corrected chi connectivity index (χ2v) is 9.22. The lowest BCUT2D eigenvalue weighted by Gasteiger charge is -2.30. The summed E-state index contributed by atoms with van der Waals surface area (Å²) < 4.78 is 19.2. The molecule has 2 aliphatic rings. The van der Waals surface area contributed by atoms with Gasteiger partial charge in [0, 0.05) is 31.2 Å². The maximum absolute atomic E-state index is 8.80. The maximum atomic E-state index is 8.80. The molecule has 2 aromatic carbocycles. The number of aromatic nitrogens is 1.